The monoisotopic (exact) mass is 391 g/mol. The van der Waals surface area contributed by atoms with Gasteiger partial charge < -0.3 is 19.4 Å². The number of hydrogen-bond acceptors (Lipinski definition) is 5. The van der Waals surface area contributed by atoms with Crippen molar-refractivity contribution in [1.29, 1.82) is 0 Å². The lowest BCUT2D eigenvalue weighted by atomic mass is 10.1. The first-order chi connectivity index (χ1) is 14.2. The highest BCUT2D eigenvalue weighted by Crippen LogP contribution is 2.21. The van der Waals surface area contributed by atoms with Gasteiger partial charge in [-0.3, -0.25) is 4.79 Å². The maximum Gasteiger partial charge on any atom is 0.226 e. The zero-order valence-electron chi connectivity index (χ0n) is 16.5. The van der Waals surface area contributed by atoms with Gasteiger partial charge in [0.2, 0.25) is 11.8 Å². The Morgan fingerprint density at radius 3 is 2.55 bits per heavy atom. The molecule has 0 bridgehead atoms. The summed E-state index contributed by atoms with van der Waals surface area (Å²) in [5.74, 6) is 0.447. The van der Waals surface area contributed by atoms with Gasteiger partial charge in [0, 0.05) is 24.3 Å². The number of ether oxygens (including phenoxy) is 1. The Balaban J connectivity index is 1.33. The maximum absolute atomic E-state index is 12.4. The third-order valence-corrected chi connectivity index (χ3v) is 5.06. The minimum atomic E-state index is -0.0817. The summed E-state index contributed by atoms with van der Waals surface area (Å²) in [4.78, 5) is 19.2. The van der Waals surface area contributed by atoms with Gasteiger partial charge in [-0.15, -0.1) is 0 Å². The van der Waals surface area contributed by atoms with Gasteiger partial charge in [0.15, 0.2) is 0 Å². The van der Waals surface area contributed by atoms with E-state index in [9.17, 15) is 4.79 Å². The quantitative estimate of drug-likeness (QED) is 0.695. The van der Waals surface area contributed by atoms with Gasteiger partial charge in [-0.2, -0.15) is 0 Å². The fraction of sp³-hybridized carbons (Fsp3) is 0.304. The van der Waals surface area contributed by atoms with Crippen molar-refractivity contribution in [3.05, 3.63) is 72.1 Å². The minimum absolute atomic E-state index is 0.0809. The highest BCUT2D eigenvalue weighted by molar-refractivity contribution is 5.78. The number of rotatable bonds is 6. The predicted octanol–water partition coefficient (Wildman–Crippen LogP) is 3.60. The summed E-state index contributed by atoms with van der Waals surface area (Å²) in [6, 6.07) is 17.9. The highest BCUT2D eigenvalue weighted by atomic mass is 16.5. The Hall–Kier alpha value is -3.12. The summed E-state index contributed by atoms with van der Waals surface area (Å²) in [5, 5.41) is 3.04. The summed E-state index contributed by atoms with van der Waals surface area (Å²) < 4.78 is 10.9. The van der Waals surface area contributed by atoms with E-state index in [1.165, 1.54) is 5.69 Å². The molecule has 1 atom stereocenters. The van der Waals surface area contributed by atoms with Crippen LogP contribution in [0, 0.1) is 0 Å². The van der Waals surface area contributed by atoms with Crippen molar-refractivity contribution >= 4 is 11.6 Å². The SMILES string of the molecule is CC(NC(=O)Cc1coc(-c2ccccc2)n1)c1ccc(N2CCOCC2)cc1. The molecule has 2 aromatic carbocycles. The average molecular weight is 391 g/mol. The van der Waals surface area contributed by atoms with Crippen LogP contribution in [0.2, 0.25) is 0 Å². The molecule has 6 nitrogen and oxygen atoms in total. The van der Waals surface area contributed by atoms with E-state index < -0.39 is 0 Å². The first-order valence-corrected chi connectivity index (χ1v) is 9.91. The molecule has 1 unspecified atom stereocenters. The number of aromatic nitrogens is 1. The number of benzene rings is 2. The molecule has 1 aromatic heterocycles. The van der Waals surface area contributed by atoms with Crippen molar-refractivity contribution in [2.45, 2.75) is 19.4 Å². The van der Waals surface area contributed by atoms with E-state index in [-0.39, 0.29) is 18.4 Å². The Morgan fingerprint density at radius 1 is 1.10 bits per heavy atom. The maximum atomic E-state index is 12.4. The molecule has 1 aliphatic heterocycles. The second kappa shape index (κ2) is 8.92. The predicted molar refractivity (Wildman–Crippen MR) is 112 cm³/mol. The molecule has 0 spiro atoms. The molecule has 150 valence electrons. The molecule has 6 heteroatoms. The average Bonchev–Trinajstić information content (AvgIpc) is 3.23. The van der Waals surface area contributed by atoms with Crippen molar-refractivity contribution in [3.8, 4) is 11.5 Å². The highest BCUT2D eigenvalue weighted by Gasteiger charge is 2.15. The molecule has 0 aliphatic carbocycles. The van der Waals surface area contributed by atoms with Gasteiger partial charge in [0.25, 0.3) is 0 Å². The molecule has 29 heavy (non-hydrogen) atoms. The Kier molecular flexibility index (Phi) is 5.91. The summed E-state index contributed by atoms with van der Waals surface area (Å²) in [6.07, 6.45) is 1.73. The van der Waals surface area contributed by atoms with Crippen LogP contribution in [0.15, 0.2) is 65.3 Å². The van der Waals surface area contributed by atoms with Gasteiger partial charge in [0.05, 0.1) is 31.4 Å². The Morgan fingerprint density at radius 2 is 1.83 bits per heavy atom. The Labute approximate surface area is 170 Å². The summed E-state index contributed by atoms with van der Waals surface area (Å²) in [6.45, 7) is 5.34. The van der Waals surface area contributed by atoms with E-state index >= 15 is 0 Å². The number of hydrogen-bond donors (Lipinski definition) is 1. The van der Waals surface area contributed by atoms with E-state index in [2.05, 4.69) is 39.5 Å². The van der Waals surface area contributed by atoms with Crippen LogP contribution >= 0.6 is 0 Å². The third kappa shape index (κ3) is 4.84. The lowest BCUT2D eigenvalue weighted by Gasteiger charge is -2.29. The lowest BCUT2D eigenvalue weighted by molar-refractivity contribution is -0.121. The van der Waals surface area contributed by atoms with E-state index in [1.807, 2.05) is 37.3 Å². The molecular weight excluding hydrogens is 366 g/mol. The molecule has 1 N–H and O–H groups in total. The van der Waals surface area contributed by atoms with Gasteiger partial charge in [-0.1, -0.05) is 30.3 Å². The van der Waals surface area contributed by atoms with Gasteiger partial charge in [-0.25, -0.2) is 4.98 Å². The van der Waals surface area contributed by atoms with E-state index in [0.29, 0.717) is 11.6 Å². The number of nitrogens with one attached hydrogen (secondary N) is 1. The van der Waals surface area contributed by atoms with Crippen LogP contribution in [0.4, 0.5) is 5.69 Å². The summed E-state index contributed by atoms with van der Waals surface area (Å²) >= 11 is 0. The molecule has 1 amide bonds. The molecule has 0 saturated carbocycles. The fourth-order valence-electron chi connectivity index (χ4n) is 3.44. The molecule has 1 fully saturated rings. The second-order valence-corrected chi connectivity index (χ2v) is 7.17. The molecule has 3 aromatic rings. The molecule has 4 rings (SSSR count). The van der Waals surface area contributed by atoms with Crippen molar-refractivity contribution in [3.63, 3.8) is 0 Å². The molecule has 1 saturated heterocycles. The van der Waals surface area contributed by atoms with Crippen LogP contribution in [-0.2, 0) is 16.0 Å². The summed E-state index contributed by atoms with van der Waals surface area (Å²) in [5.41, 5.74) is 3.77. The van der Waals surface area contributed by atoms with E-state index in [0.717, 1.165) is 37.4 Å². The normalized spacial score (nSPS) is 15.1. The fourth-order valence-corrected chi connectivity index (χ4v) is 3.44. The molecule has 2 heterocycles. The minimum Gasteiger partial charge on any atom is -0.444 e. The van der Waals surface area contributed by atoms with Crippen molar-refractivity contribution in [2.75, 3.05) is 31.2 Å². The Bertz CT molecular complexity index is 932. The lowest BCUT2D eigenvalue weighted by Crippen LogP contribution is -2.36. The van der Waals surface area contributed by atoms with Crippen LogP contribution in [0.1, 0.15) is 24.2 Å². The first-order valence-electron chi connectivity index (χ1n) is 9.91. The number of morpholine rings is 1. The zero-order valence-corrected chi connectivity index (χ0v) is 16.5. The number of carbonyl (C=O) groups is 1. The van der Waals surface area contributed by atoms with Gasteiger partial charge >= 0.3 is 0 Å². The number of carbonyl (C=O) groups excluding carboxylic acids is 1. The second-order valence-electron chi connectivity index (χ2n) is 7.17. The molecule has 0 radical (unpaired) electrons. The van der Waals surface area contributed by atoms with Crippen LogP contribution in [-0.4, -0.2) is 37.2 Å². The zero-order chi connectivity index (χ0) is 20.1. The first kappa shape index (κ1) is 19.2. The standard InChI is InChI=1S/C23H25N3O3/c1-17(18-7-9-21(10-8-18)26-11-13-28-14-12-26)24-22(27)15-20-16-29-23(25-20)19-5-3-2-4-6-19/h2-10,16-17H,11-15H2,1H3,(H,24,27). The number of amides is 1. The summed E-state index contributed by atoms with van der Waals surface area (Å²) in [7, 11) is 0. The smallest absolute Gasteiger partial charge is 0.226 e. The number of nitrogens with zero attached hydrogens (tertiary/aromatic N) is 2. The largest absolute Gasteiger partial charge is 0.444 e. The van der Waals surface area contributed by atoms with E-state index in [4.69, 9.17) is 9.15 Å². The van der Waals surface area contributed by atoms with Crippen LogP contribution in [0.3, 0.4) is 0 Å². The van der Waals surface area contributed by atoms with Crippen molar-refractivity contribution < 1.29 is 13.9 Å². The van der Waals surface area contributed by atoms with Crippen LogP contribution in [0.5, 0.6) is 0 Å². The number of anilines is 1. The van der Waals surface area contributed by atoms with Gasteiger partial charge in [-0.05, 0) is 36.8 Å². The third-order valence-electron chi connectivity index (χ3n) is 5.06. The van der Waals surface area contributed by atoms with Crippen LogP contribution in [0.25, 0.3) is 11.5 Å². The molecule has 1 aliphatic rings. The van der Waals surface area contributed by atoms with Crippen molar-refractivity contribution in [1.82, 2.24) is 10.3 Å². The topological polar surface area (TPSA) is 67.6 Å². The van der Waals surface area contributed by atoms with Gasteiger partial charge in [0.1, 0.15) is 6.26 Å². The van der Waals surface area contributed by atoms with Crippen LogP contribution < -0.4 is 10.2 Å². The molecular formula is C23H25N3O3. The van der Waals surface area contributed by atoms with E-state index in [1.54, 1.807) is 6.26 Å². The van der Waals surface area contributed by atoms with Crippen molar-refractivity contribution in [2.24, 2.45) is 0 Å². The number of oxazole rings is 1.